The number of hydrogen-bond donors (Lipinski definition) is 1. The van der Waals surface area contributed by atoms with Crippen molar-refractivity contribution in [2.45, 2.75) is 19.5 Å². The molecule has 0 spiro atoms. The fourth-order valence-electron chi connectivity index (χ4n) is 1.76. The van der Waals surface area contributed by atoms with Crippen LogP contribution in [0.3, 0.4) is 0 Å². The zero-order valence-electron chi connectivity index (χ0n) is 10.3. The maximum atomic E-state index is 10.9. The number of rotatable bonds is 5. The molecule has 1 aromatic carbocycles. The zero-order valence-corrected chi connectivity index (χ0v) is 11.1. The zero-order chi connectivity index (χ0) is 13.8. The van der Waals surface area contributed by atoms with Gasteiger partial charge in [0.05, 0.1) is 17.2 Å². The topological polar surface area (TPSA) is 68.3 Å². The molecular weight excluding hydrogens is 268 g/mol. The van der Waals surface area contributed by atoms with E-state index in [1.807, 2.05) is 13.0 Å². The van der Waals surface area contributed by atoms with Crippen LogP contribution < -0.4 is 5.32 Å². The molecule has 19 heavy (non-hydrogen) atoms. The number of benzene rings is 1. The van der Waals surface area contributed by atoms with Gasteiger partial charge in [-0.3, -0.25) is 10.1 Å². The lowest BCUT2D eigenvalue weighted by Crippen LogP contribution is -2.18. The Bertz CT molecular complexity index is 569. The molecule has 2 rings (SSSR count). The van der Waals surface area contributed by atoms with Crippen LogP contribution in [0.1, 0.15) is 24.3 Å². The van der Waals surface area contributed by atoms with Crippen LogP contribution in [0.4, 0.5) is 5.69 Å². The van der Waals surface area contributed by atoms with Gasteiger partial charge >= 0.3 is 0 Å². The average molecular weight is 281 g/mol. The third-order valence-electron chi connectivity index (χ3n) is 2.81. The second-order valence-corrected chi connectivity index (χ2v) is 4.58. The SMILES string of the molecule is C[C@@H](NCc1ccc(Cl)cc1[N+](=O)[O-])c1ccco1. The van der Waals surface area contributed by atoms with Crippen molar-refractivity contribution in [1.29, 1.82) is 0 Å². The van der Waals surface area contributed by atoms with Crippen LogP contribution in [-0.2, 0) is 6.54 Å². The summed E-state index contributed by atoms with van der Waals surface area (Å²) in [5.74, 6) is 0.789. The molecule has 0 saturated heterocycles. The number of hydrogen-bond acceptors (Lipinski definition) is 4. The molecule has 6 heteroatoms. The van der Waals surface area contributed by atoms with Crippen LogP contribution in [0.25, 0.3) is 0 Å². The summed E-state index contributed by atoms with van der Waals surface area (Å²) in [6.07, 6.45) is 1.60. The molecule has 0 aliphatic rings. The van der Waals surface area contributed by atoms with E-state index in [1.165, 1.54) is 6.07 Å². The van der Waals surface area contributed by atoms with Crippen molar-refractivity contribution < 1.29 is 9.34 Å². The van der Waals surface area contributed by atoms with E-state index in [9.17, 15) is 10.1 Å². The van der Waals surface area contributed by atoms with E-state index in [4.69, 9.17) is 16.0 Å². The molecule has 0 aliphatic carbocycles. The lowest BCUT2D eigenvalue weighted by atomic mass is 10.1. The van der Waals surface area contributed by atoms with E-state index in [0.717, 1.165) is 5.76 Å². The van der Waals surface area contributed by atoms with Gasteiger partial charge in [0, 0.05) is 23.2 Å². The van der Waals surface area contributed by atoms with Gasteiger partial charge in [-0.15, -0.1) is 0 Å². The third kappa shape index (κ3) is 3.33. The highest BCUT2D eigenvalue weighted by atomic mass is 35.5. The van der Waals surface area contributed by atoms with Crippen molar-refractivity contribution >= 4 is 17.3 Å². The van der Waals surface area contributed by atoms with Gasteiger partial charge in [0.25, 0.3) is 5.69 Å². The third-order valence-corrected chi connectivity index (χ3v) is 3.05. The first-order valence-corrected chi connectivity index (χ1v) is 6.15. The Balaban J connectivity index is 2.09. The van der Waals surface area contributed by atoms with Crippen molar-refractivity contribution in [3.05, 3.63) is 63.1 Å². The van der Waals surface area contributed by atoms with E-state index in [-0.39, 0.29) is 11.7 Å². The average Bonchev–Trinajstić information content (AvgIpc) is 2.90. The number of nitrogens with zero attached hydrogens (tertiary/aromatic N) is 1. The van der Waals surface area contributed by atoms with Gasteiger partial charge in [-0.05, 0) is 31.2 Å². The molecule has 0 unspecified atom stereocenters. The predicted molar refractivity (Wildman–Crippen MR) is 72.1 cm³/mol. The molecule has 1 heterocycles. The van der Waals surface area contributed by atoms with E-state index in [2.05, 4.69) is 5.32 Å². The summed E-state index contributed by atoms with van der Waals surface area (Å²) >= 11 is 5.76. The lowest BCUT2D eigenvalue weighted by molar-refractivity contribution is -0.385. The molecule has 0 fully saturated rings. The normalized spacial score (nSPS) is 12.3. The highest BCUT2D eigenvalue weighted by Gasteiger charge is 2.15. The standard InChI is InChI=1S/C13H13ClN2O3/c1-9(13-3-2-6-19-13)15-8-10-4-5-11(14)7-12(10)16(17)18/h2-7,9,15H,8H2,1H3/t9-/m1/s1. The summed E-state index contributed by atoms with van der Waals surface area (Å²) in [4.78, 5) is 10.5. The van der Waals surface area contributed by atoms with Gasteiger partial charge in [-0.2, -0.15) is 0 Å². The quantitative estimate of drug-likeness (QED) is 0.670. The highest BCUT2D eigenvalue weighted by molar-refractivity contribution is 6.30. The van der Waals surface area contributed by atoms with E-state index >= 15 is 0 Å². The van der Waals surface area contributed by atoms with Crippen LogP contribution in [0.2, 0.25) is 5.02 Å². The summed E-state index contributed by atoms with van der Waals surface area (Å²) in [5, 5.41) is 14.5. The Morgan fingerprint density at radius 2 is 2.26 bits per heavy atom. The van der Waals surface area contributed by atoms with Crippen LogP contribution in [0.5, 0.6) is 0 Å². The Labute approximate surface area is 115 Å². The molecule has 0 radical (unpaired) electrons. The summed E-state index contributed by atoms with van der Waals surface area (Å²) in [5.41, 5.74) is 0.611. The summed E-state index contributed by atoms with van der Waals surface area (Å²) < 4.78 is 5.26. The van der Waals surface area contributed by atoms with Crippen LogP contribution in [0.15, 0.2) is 41.0 Å². The van der Waals surface area contributed by atoms with Crippen LogP contribution in [-0.4, -0.2) is 4.92 Å². The molecule has 0 amide bonds. The van der Waals surface area contributed by atoms with Crippen LogP contribution >= 0.6 is 11.6 Å². The van der Waals surface area contributed by atoms with Gasteiger partial charge in [0.1, 0.15) is 5.76 Å². The second-order valence-electron chi connectivity index (χ2n) is 4.15. The largest absolute Gasteiger partial charge is 0.468 e. The van der Waals surface area contributed by atoms with Crippen molar-refractivity contribution in [3.63, 3.8) is 0 Å². The minimum atomic E-state index is -0.430. The van der Waals surface area contributed by atoms with Gasteiger partial charge in [0.2, 0.25) is 0 Å². The monoisotopic (exact) mass is 280 g/mol. The Morgan fingerprint density at radius 1 is 1.47 bits per heavy atom. The van der Waals surface area contributed by atoms with Crippen LogP contribution in [0, 0.1) is 10.1 Å². The van der Waals surface area contributed by atoms with E-state index in [1.54, 1.807) is 24.5 Å². The number of nitro groups is 1. The molecule has 1 atom stereocenters. The lowest BCUT2D eigenvalue weighted by Gasteiger charge is -2.11. The molecular formula is C13H13ClN2O3. The maximum absolute atomic E-state index is 10.9. The van der Waals surface area contributed by atoms with Gasteiger partial charge in [0.15, 0.2) is 0 Å². The fourth-order valence-corrected chi connectivity index (χ4v) is 1.92. The minimum Gasteiger partial charge on any atom is -0.468 e. The van der Waals surface area contributed by atoms with Gasteiger partial charge in [-0.25, -0.2) is 0 Å². The summed E-state index contributed by atoms with van der Waals surface area (Å²) in [6.45, 7) is 2.30. The molecule has 0 aliphatic heterocycles. The Morgan fingerprint density at radius 3 is 2.89 bits per heavy atom. The molecule has 2 aromatic rings. The summed E-state index contributed by atoms with van der Waals surface area (Å²) in [7, 11) is 0. The number of furan rings is 1. The molecule has 1 N–H and O–H groups in total. The van der Waals surface area contributed by atoms with Crippen molar-refractivity contribution in [3.8, 4) is 0 Å². The Kier molecular flexibility index (Phi) is 4.19. The first-order chi connectivity index (χ1) is 9.08. The fraction of sp³-hybridized carbons (Fsp3) is 0.231. The highest BCUT2D eigenvalue weighted by Crippen LogP contribution is 2.24. The Hall–Kier alpha value is -1.85. The molecule has 100 valence electrons. The van der Waals surface area contributed by atoms with Crippen molar-refractivity contribution in [1.82, 2.24) is 5.32 Å². The molecule has 1 aromatic heterocycles. The maximum Gasteiger partial charge on any atom is 0.275 e. The van der Waals surface area contributed by atoms with Crippen molar-refractivity contribution in [2.75, 3.05) is 0 Å². The van der Waals surface area contributed by atoms with E-state index in [0.29, 0.717) is 17.1 Å². The first kappa shape index (κ1) is 13.6. The number of halogens is 1. The minimum absolute atomic E-state index is 0.0200. The first-order valence-electron chi connectivity index (χ1n) is 5.77. The molecule has 5 nitrogen and oxygen atoms in total. The smallest absolute Gasteiger partial charge is 0.275 e. The predicted octanol–water partition coefficient (Wildman–Crippen LogP) is 3.69. The van der Waals surface area contributed by atoms with E-state index < -0.39 is 4.92 Å². The number of nitrogens with one attached hydrogen (secondary N) is 1. The molecule has 0 saturated carbocycles. The van der Waals surface area contributed by atoms with Crippen molar-refractivity contribution in [2.24, 2.45) is 0 Å². The summed E-state index contributed by atoms with van der Waals surface area (Å²) in [6, 6.07) is 8.29. The molecule has 0 bridgehead atoms. The van der Waals surface area contributed by atoms with Gasteiger partial charge < -0.3 is 9.73 Å². The number of nitro benzene ring substituents is 1. The second kappa shape index (κ2) is 5.86. The van der Waals surface area contributed by atoms with Gasteiger partial charge in [-0.1, -0.05) is 11.6 Å².